The normalized spacial score (nSPS) is 21.3. The molecule has 0 amide bonds. The number of hydrogen-bond donors (Lipinski definition) is 1. The molecule has 2 aliphatic rings. The molecule has 0 spiro atoms. The molecular weight excluding hydrogens is 314 g/mol. The second kappa shape index (κ2) is 5.40. The van der Waals surface area contributed by atoms with E-state index in [9.17, 15) is 9.90 Å². The van der Waals surface area contributed by atoms with Crippen molar-refractivity contribution in [2.75, 3.05) is 11.5 Å². The van der Waals surface area contributed by atoms with E-state index < -0.39 is 0 Å². The van der Waals surface area contributed by atoms with E-state index in [4.69, 9.17) is 9.47 Å². The number of thiophene rings is 1. The Bertz CT molecular complexity index is 780. The number of aromatic hydroxyl groups is 1. The SMILES string of the molecule is CCOC(=O)c1cc2c(s1)N(c1ccc(O)cc1)C1OC1C=C2. The number of rotatable bonds is 3. The molecule has 23 heavy (non-hydrogen) atoms. The maximum Gasteiger partial charge on any atom is 0.348 e. The molecule has 0 saturated carbocycles. The van der Waals surface area contributed by atoms with Gasteiger partial charge in [-0.25, -0.2) is 4.79 Å². The summed E-state index contributed by atoms with van der Waals surface area (Å²) in [5.41, 5.74) is 1.89. The van der Waals surface area contributed by atoms with Gasteiger partial charge in [0.2, 0.25) is 0 Å². The minimum absolute atomic E-state index is 0.0504. The Morgan fingerprint density at radius 1 is 1.39 bits per heavy atom. The largest absolute Gasteiger partial charge is 0.508 e. The molecule has 0 aliphatic carbocycles. The number of fused-ring (bicyclic) bond motifs is 2. The molecule has 2 atom stereocenters. The van der Waals surface area contributed by atoms with Gasteiger partial charge in [-0.2, -0.15) is 0 Å². The number of hydrogen-bond acceptors (Lipinski definition) is 6. The highest BCUT2D eigenvalue weighted by Gasteiger charge is 2.45. The van der Waals surface area contributed by atoms with Crippen LogP contribution in [0.4, 0.5) is 10.7 Å². The van der Waals surface area contributed by atoms with Gasteiger partial charge in [0.1, 0.15) is 21.7 Å². The first-order valence-electron chi connectivity index (χ1n) is 7.40. The Morgan fingerprint density at radius 2 is 2.17 bits per heavy atom. The Morgan fingerprint density at radius 3 is 2.91 bits per heavy atom. The van der Waals surface area contributed by atoms with Crippen molar-refractivity contribution in [2.24, 2.45) is 0 Å². The zero-order valence-electron chi connectivity index (χ0n) is 12.4. The molecule has 1 aromatic carbocycles. The van der Waals surface area contributed by atoms with Crippen molar-refractivity contribution < 1.29 is 19.4 Å². The van der Waals surface area contributed by atoms with Crippen LogP contribution in [0.1, 0.15) is 22.2 Å². The number of epoxide rings is 1. The van der Waals surface area contributed by atoms with Gasteiger partial charge in [-0.1, -0.05) is 12.2 Å². The second-order valence-corrected chi connectivity index (χ2v) is 6.36. The second-order valence-electron chi connectivity index (χ2n) is 5.33. The van der Waals surface area contributed by atoms with Crippen molar-refractivity contribution in [3.05, 3.63) is 46.8 Å². The average molecular weight is 329 g/mol. The molecular formula is C17H15NO4S. The van der Waals surface area contributed by atoms with Crippen LogP contribution in [0, 0.1) is 0 Å². The standard InChI is InChI=1S/C17H15NO4S/c1-2-21-17(20)14-9-10-3-8-13-15(22-13)18(16(10)23-14)11-4-6-12(19)7-5-11/h3-9,13,15,19H,2H2,1H3. The summed E-state index contributed by atoms with van der Waals surface area (Å²) in [7, 11) is 0. The molecule has 2 unspecified atom stereocenters. The lowest BCUT2D eigenvalue weighted by Gasteiger charge is -2.21. The third-order valence-electron chi connectivity index (χ3n) is 3.78. The summed E-state index contributed by atoms with van der Waals surface area (Å²) in [5, 5.41) is 10.4. The summed E-state index contributed by atoms with van der Waals surface area (Å²) in [6.07, 6.45) is 3.96. The van der Waals surface area contributed by atoms with E-state index in [-0.39, 0.29) is 24.1 Å². The monoisotopic (exact) mass is 329 g/mol. The Hall–Kier alpha value is -2.31. The van der Waals surface area contributed by atoms with Crippen LogP contribution in [-0.4, -0.2) is 30.0 Å². The van der Waals surface area contributed by atoms with Crippen molar-refractivity contribution in [3.63, 3.8) is 0 Å². The number of benzene rings is 1. The minimum atomic E-state index is -0.308. The predicted molar refractivity (Wildman–Crippen MR) is 88.2 cm³/mol. The van der Waals surface area contributed by atoms with Crippen LogP contribution in [0.2, 0.25) is 0 Å². The van der Waals surface area contributed by atoms with Gasteiger partial charge < -0.3 is 19.5 Å². The van der Waals surface area contributed by atoms with Crippen LogP contribution in [0.25, 0.3) is 6.08 Å². The van der Waals surface area contributed by atoms with E-state index in [0.717, 1.165) is 16.3 Å². The summed E-state index contributed by atoms with van der Waals surface area (Å²) in [5.74, 6) is -0.0912. The fraction of sp³-hybridized carbons (Fsp3) is 0.235. The molecule has 2 aromatic rings. The first-order chi connectivity index (χ1) is 11.2. The van der Waals surface area contributed by atoms with Crippen LogP contribution in [0.5, 0.6) is 5.75 Å². The first kappa shape index (κ1) is 14.3. The zero-order valence-corrected chi connectivity index (χ0v) is 13.2. The molecule has 118 valence electrons. The lowest BCUT2D eigenvalue weighted by molar-refractivity contribution is 0.0532. The highest BCUT2D eigenvalue weighted by molar-refractivity contribution is 7.18. The molecule has 6 heteroatoms. The molecule has 1 saturated heterocycles. The summed E-state index contributed by atoms with van der Waals surface area (Å²) in [6.45, 7) is 2.15. The van der Waals surface area contributed by atoms with E-state index in [2.05, 4.69) is 4.90 Å². The van der Waals surface area contributed by atoms with Crippen LogP contribution in [0.15, 0.2) is 36.4 Å². The third kappa shape index (κ3) is 2.50. The third-order valence-corrected chi connectivity index (χ3v) is 4.91. The smallest absolute Gasteiger partial charge is 0.348 e. The highest BCUT2D eigenvalue weighted by atomic mass is 32.1. The van der Waals surface area contributed by atoms with Gasteiger partial charge in [-0.3, -0.25) is 0 Å². The molecule has 0 bridgehead atoms. The number of ether oxygens (including phenoxy) is 2. The van der Waals surface area contributed by atoms with Crippen molar-refractivity contribution in [2.45, 2.75) is 19.3 Å². The van der Waals surface area contributed by atoms with Crippen molar-refractivity contribution >= 4 is 34.1 Å². The summed E-state index contributed by atoms with van der Waals surface area (Å²) in [4.78, 5) is 14.6. The number of nitrogens with zero attached hydrogens (tertiary/aromatic N) is 1. The molecule has 3 heterocycles. The van der Waals surface area contributed by atoms with Crippen LogP contribution in [-0.2, 0) is 9.47 Å². The van der Waals surface area contributed by atoms with Gasteiger partial charge in [0.25, 0.3) is 0 Å². The number of esters is 1. The maximum absolute atomic E-state index is 12.0. The van der Waals surface area contributed by atoms with Gasteiger partial charge in [0.15, 0.2) is 6.23 Å². The quantitative estimate of drug-likeness (QED) is 0.689. The molecule has 2 aliphatic heterocycles. The molecule has 1 aromatic heterocycles. The summed E-state index contributed by atoms with van der Waals surface area (Å²) in [6, 6.07) is 8.82. The number of carbonyl (C=O) groups is 1. The maximum atomic E-state index is 12.0. The van der Waals surface area contributed by atoms with Gasteiger partial charge in [0, 0.05) is 11.3 Å². The molecule has 0 radical (unpaired) electrons. The van der Waals surface area contributed by atoms with Crippen LogP contribution in [0.3, 0.4) is 0 Å². The minimum Gasteiger partial charge on any atom is -0.508 e. The zero-order chi connectivity index (χ0) is 16.0. The van der Waals surface area contributed by atoms with Crippen molar-refractivity contribution in [1.82, 2.24) is 0 Å². The van der Waals surface area contributed by atoms with Gasteiger partial charge in [-0.05, 0) is 37.3 Å². The van der Waals surface area contributed by atoms with E-state index in [1.54, 1.807) is 19.1 Å². The number of phenolic OH excluding ortho intramolecular Hbond substituents is 1. The van der Waals surface area contributed by atoms with Gasteiger partial charge in [0.05, 0.1) is 6.61 Å². The Labute approximate surface area is 137 Å². The summed E-state index contributed by atoms with van der Waals surface area (Å²) < 4.78 is 10.8. The van der Waals surface area contributed by atoms with Gasteiger partial charge >= 0.3 is 5.97 Å². The van der Waals surface area contributed by atoms with Crippen molar-refractivity contribution in [3.8, 4) is 5.75 Å². The van der Waals surface area contributed by atoms with E-state index in [1.807, 2.05) is 30.4 Å². The fourth-order valence-corrected chi connectivity index (χ4v) is 3.75. The Balaban J connectivity index is 1.77. The number of carbonyl (C=O) groups excluding carboxylic acids is 1. The highest BCUT2D eigenvalue weighted by Crippen LogP contribution is 2.46. The average Bonchev–Trinajstić information content (AvgIpc) is 3.20. The Kier molecular flexibility index (Phi) is 3.36. The van der Waals surface area contributed by atoms with E-state index in [1.165, 1.54) is 11.3 Å². The van der Waals surface area contributed by atoms with Crippen molar-refractivity contribution in [1.29, 1.82) is 0 Å². The molecule has 5 nitrogen and oxygen atoms in total. The van der Waals surface area contributed by atoms with E-state index >= 15 is 0 Å². The van der Waals surface area contributed by atoms with E-state index in [0.29, 0.717) is 11.5 Å². The first-order valence-corrected chi connectivity index (χ1v) is 8.22. The van der Waals surface area contributed by atoms with Crippen LogP contribution < -0.4 is 4.90 Å². The lowest BCUT2D eigenvalue weighted by Crippen LogP contribution is -2.21. The summed E-state index contributed by atoms with van der Waals surface area (Å²) >= 11 is 1.39. The number of phenols is 1. The predicted octanol–water partition coefficient (Wildman–Crippen LogP) is 3.52. The fourth-order valence-electron chi connectivity index (χ4n) is 2.66. The van der Waals surface area contributed by atoms with Crippen LogP contribution >= 0.6 is 11.3 Å². The molecule has 4 rings (SSSR count). The number of anilines is 2. The topological polar surface area (TPSA) is 62.3 Å². The molecule has 1 N–H and O–H groups in total. The van der Waals surface area contributed by atoms with Gasteiger partial charge in [-0.15, -0.1) is 11.3 Å². The molecule has 1 fully saturated rings. The lowest BCUT2D eigenvalue weighted by atomic mass is 10.2.